The lowest BCUT2D eigenvalue weighted by atomic mass is 10.0. The van der Waals surface area contributed by atoms with Gasteiger partial charge < -0.3 is 10.1 Å². The summed E-state index contributed by atoms with van der Waals surface area (Å²) in [5.74, 6) is -2.47. The molecule has 3 aromatic carbocycles. The highest BCUT2D eigenvalue weighted by Gasteiger charge is 2.43. The molecule has 1 N–H and O–H groups in total. The molecular formula is C25H20N2O5. The molecule has 3 amide bonds. The summed E-state index contributed by atoms with van der Waals surface area (Å²) >= 11 is 0. The molecule has 1 atom stereocenters. The summed E-state index contributed by atoms with van der Waals surface area (Å²) in [6.45, 7) is -0.539. The van der Waals surface area contributed by atoms with Gasteiger partial charge in [0.2, 0.25) is 0 Å². The molecule has 0 unspecified atom stereocenters. The van der Waals surface area contributed by atoms with E-state index in [2.05, 4.69) is 5.32 Å². The Morgan fingerprint density at radius 2 is 1.31 bits per heavy atom. The van der Waals surface area contributed by atoms with Gasteiger partial charge in [-0.25, -0.2) is 4.79 Å². The number of amides is 3. The second-order valence-corrected chi connectivity index (χ2v) is 7.25. The first-order valence-corrected chi connectivity index (χ1v) is 10.1. The van der Waals surface area contributed by atoms with E-state index >= 15 is 0 Å². The highest BCUT2D eigenvalue weighted by atomic mass is 16.5. The zero-order valence-corrected chi connectivity index (χ0v) is 17.1. The van der Waals surface area contributed by atoms with Crippen molar-refractivity contribution in [2.45, 2.75) is 12.5 Å². The maximum Gasteiger partial charge on any atom is 0.330 e. The molecule has 32 heavy (non-hydrogen) atoms. The van der Waals surface area contributed by atoms with E-state index in [-0.39, 0.29) is 17.5 Å². The van der Waals surface area contributed by atoms with E-state index in [9.17, 15) is 19.2 Å². The molecule has 4 rings (SSSR count). The largest absolute Gasteiger partial charge is 0.454 e. The summed E-state index contributed by atoms with van der Waals surface area (Å²) in [4.78, 5) is 52.0. The monoisotopic (exact) mass is 428 g/mol. The molecule has 7 nitrogen and oxygen atoms in total. The van der Waals surface area contributed by atoms with Crippen molar-refractivity contribution < 1.29 is 23.9 Å². The first-order chi connectivity index (χ1) is 15.5. The Labute approximate surface area is 184 Å². The predicted octanol–water partition coefficient (Wildman–Crippen LogP) is 3.08. The van der Waals surface area contributed by atoms with Gasteiger partial charge in [0.05, 0.1) is 11.1 Å². The Morgan fingerprint density at radius 3 is 1.91 bits per heavy atom. The van der Waals surface area contributed by atoms with Crippen LogP contribution in [0.5, 0.6) is 0 Å². The van der Waals surface area contributed by atoms with Crippen LogP contribution in [-0.2, 0) is 20.7 Å². The third-order valence-electron chi connectivity index (χ3n) is 5.08. The average Bonchev–Trinajstić information content (AvgIpc) is 3.07. The van der Waals surface area contributed by atoms with Crippen molar-refractivity contribution in [3.05, 3.63) is 102 Å². The molecule has 0 saturated carbocycles. The van der Waals surface area contributed by atoms with Crippen LogP contribution in [0.25, 0.3) is 0 Å². The maximum atomic E-state index is 13.0. The molecule has 0 spiro atoms. The van der Waals surface area contributed by atoms with E-state index in [1.807, 2.05) is 12.1 Å². The van der Waals surface area contributed by atoms with Gasteiger partial charge in [-0.15, -0.1) is 0 Å². The molecule has 0 saturated heterocycles. The fourth-order valence-corrected chi connectivity index (χ4v) is 3.56. The molecule has 0 fully saturated rings. The molecule has 7 heteroatoms. The summed E-state index contributed by atoms with van der Waals surface area (Å²) in [7, 11) is 0. The third kappa shape index (κ3) is 4.41. The number of ether oxygens (including phenoxy) is 1. The number of imide groups is 1. The van der Waals surface area contributed by atoms with Crippen molar-refractivity contribution in [3.8, 4) is 0 Å². The second-order valence-electron chi connectivity index (χ2n) is 7.25. The standard InChI is InChI=1S/C25H20N2O5/c28-22(26-18-11-5-2-6-12-18)16-32-25(31)21(15-17-9-3-1-4-10-17)27-23(29)19-13-7-8-14-20(19)24(27)30/h1-14,21H,15-16H2,(H,26,28)/t21-/m0/s1. The number of hydrogen-bond donors (Lipinski definition) is 1. The molecular weight excluding hydrogens is 408 g/mol. The van der Waals surface area contributed by atoms with Crippen LogP contribution in [0, 0.1) is 0 Å². The molecule has 0 bridgehead atoms. The van der Waals surface area contributed by atoms with Crippen molar-refractivity contribution in [2.24, 2.45) is 0 Å². The zero-order valence-electron chi connectivity index (χ0n) is 17.1. The number of benzene rings is 3. The van der Waals surface area contributed by atoms with Gasteiger partial charge in [-0.2, -0.15) is 0 Å². The molecule has 0 aliphatic carbocycles. The lowest BCUT2D eigenvalue weighted by Gasteiger charge is -2.24. The molecule has 1 aliphatic heterocycles. The van der Waals surface area contributed by atoms with Gasteiger partial charge in [0, 0.05) is 12.1 Å². The maximum absolute atomic E-state index is 13.0. The van der Waals surface area contributed by atoms with Crippen LogP contribution in [0.1, 0.15) is 26.3 Å². The van der Waals surface area contributed by atoms with Crippen LogP contribution in [0.4, 0.5) is 5.69 Å². The number of anilines is 1. The Bertz CT molecular complexity index is 1130. The lowest BCUT2D eigenvalue weighted by Crippen LogP contribution is -2.47. The van der Waals surface area contributed by atoms with Gasteiger partial charge in [0.15, 0.2) is 6.61 Å². The van der Waals surface area contributed by atoms with E-state index in [0.29, 0.717) is 5.69 Å². The van der Waals surface area contributed by atoms with Gasteiger partial charge in [-0.3, -0.25) is 19.3 Å². The Morgan fingerprint density at radius 1 is 0.781 bits per heavy atom. The highest BCUT2D eigenvalue weighted by molar-refractivity contribution is 6.22. The normalized spacial score (nSPS) is 13.4. The van der Waals surface area contributed by atoms with Crippen LogP contribution in [0.2, 0.25) is 0 Å². The molecule has 1 heterocycles. The predicted molar refractivity (Wildman–Crippen MR) is 117 cm³/mol. The van der Waals surface area contributed by atoms with Crippen LogP contribution in [-0.4, -0.2) is 41.2 Å². The average molecular weight is 428 g/mol. The Kier molecular flexibility index (Phi) is 6.07. The Hall–Kier alpha value is -4.26. The van der Waals surface area contributed by atoms with Gasteiger partial charge in [-0.1, -0.05) is 60.7 Å². The minimum Gasteiger partial charge on any atom is -0.454 e. The van der Waals surface area contributed by atoms with E-state index < -0.39 is 36.3 Å². The molecule has 0 radical (unpaired) electrons. The van der Waals surface area contributed by atoms with Gasteiger partial charge in [0.1, 0.15) is 6.04 Å². The fraction of sp³-hybridized carbons (Fsp3) is 0.120. The highest BCUT2D eigenvalue weighted by Crippen LogP contribution is 2.26. The number of fused-ring (bicyclic) bond motifs is 1. The minimum absolute atomic E-state index is 0.0748. The van der Waals surface area contributed by atoms with E-state index in [1.54, 1.807) is 72.8 Å². The number of rotatable bonds is 7. The SMILES string of the molecule is O=C(COC(=O)[C@H](Cc1ccccc1)N1C(=O)c2ccccc2C1=O)Nc1ccccc1. The number of carbonyl (C=O) groups is 4. The van der Waals surface area contributed by atoms with Crippen molar-refractivity contribution in [3.63, 3.8) is 0 Å². The van der Waals surface area contributed by atoms with Crippen LogP contribution >= 0.6 is 0 Å². The third-order valence-corrected chi connectivity index (χ3v) is 5.08. The first-order valence-electron chi connectivity index (χ1n) is 10.1. The summed E-state index contributed by atoms with van der Waals surface area (Å²) in [6.07, 6.45) is 0.0748. The number of nitrogens with zero attached hydrogens (tertiary/aromatic N) is 1. The van der Waals surface area contributed by atoms with Gasteiger partial charge in [0.25, 0.3) is 17.7 Å². The molecule has 1 aliphatic rings. The molecule has 160 valence electrons. The molecule has 3 aromatic rings. The second kappa shape index (κ2) is 9.26. The van der Waals surface area contributed by atoms with Crippen LogP contribution in [0.15, 0.2) is 84.9 Å². The molecule has 0 aromatic heterocycles. The zero-order chi connectivity index (χ0) is 22.5. The van der Waals surface area contributed by atoms with Crippen molar-refractivity contribution >= 4 is 29.4 Å². The number of carbonyl (C=O) groups excluding carboxylic acids is 4. The smallest absolute Gasteiger partial charge is 0.330 e. The van der Waals surface area contributed by atoms with E-state index in [0.717, 1.165) is 10.5 Å². The van der Waals surface area contributed by atoms with Crippen molar-refractivity contribution in [1.82, 2.24) is 4.90 Å². The lowest BCUT2D eigenvalue weighted by molar-refractivity contribution is -0.151. The summed E-state index contributed by atoms with van der Waals surface area (Å²) in [6, 6.07) is 23.0. The number of hydrogen-bond acceptors (Lipinski definition) is 5. The van der Waals surface area contributed by atoms with Crippen LogP contribution < -0.4 is 5.32 Å². The van der Waals surface area contributed by atoms with Gasteiger partial charge in [-0.05, 0) is 29.8 Å². The fourth-order valence-electron chi connectivity index (χ4n) is 3.56. The number of nitrogens with one attached hydrogen (secondary N) is 1. The summed E-state index contributed by atoms with van der Waals surface area (Å²) in [5, 5.41) is 2.62. The van der Waals surface area contributed by atoms with E-state index in [4.69, 9.17) is 4.74 Å². The number of esters is 1. The summed E-state index contributed by atoms with van der Waals surface area (Å²) < 4.78 is 5.22. The van der Waals surface area contributed by atoms with Crippen molar-refractivity contribution in [2.75, 3.05) is 11.9 Å². The van der Waals surface area contributed by atoms with Gasteiger partial charge >= 0.3 is 5.97 Å². The number of para-hydroxylation sites is 1. The van der Waals surface area contributed by atoms with E-state index in [1.165, 1.54) is 0 Å². The minimum atomic E-state index is -1.20. The topological polar surface area (TPSA) is 92.8 Å². The quantitative estimate of drug-likeness (QED) is 0.461. The Balaban J connectivity index is 1.52. The summed E-state index contributed by atoms with van der Waals surface area (Å²) in [5.41, 5.74) is 1.80. The first kappa shape index (κ1) is 21.0. The van der Waals surface area contributed by atoms with Crippen molar-refractivity contribution in [1.29, 1.82) is 0 Å². The van der Waals surface area contributed by atoms with Crippen LogP contribution in [0.3, 0.4) is 0 Å².